The molecule has 0 aliphatic heterocycles. The van der Waals surface area contributed by atoms with Gasteiger partial charge in [0, 0.05) is 12.7 Å². The Morgan fingerprint density at radius 1 is 1.46 bits per heavy atom. The Kier molecular flexibility index (Phi) is 5.64. The molecule has 0 aliphatic rings. The predicted octanol–water partition coefficient (Wildman–Crippen LogP) is 0.701. The van der Waals surface area contributed by atoms with Gasteiger partial charge in [-0.15, -0.1) is 0 Å². The number of anilines is 1. The maximum absolute atomic E-state index is 8.58. The second kappa shape index (κ2) is 6.68. The van der Waals surface area contributed by atoms with E-state index in [9.17, 15) is 0 Å². The minimum absolute atomic E-state index is 0.250. The molecule has 0 aromatic heterocycles. The lowest BCUT2D eigenvalue weighted by molar-refractivity contribution is -0.106. The van der Waals surface area contributed by atoms with Crippen molar-refractivity contribution in [3.05, 3.63) is 29.8 Å². The summed E-state index contributed by atoms with van der Waals surface area (Å²) >= 11 is 0. The Morgan fingerprint density at radius 2 is 1.92 bits per heavy atom. The van der Waals surface area contributed by atoms with Crippen LogP contribution in [0.25, 0.3) is 0 Å². The van der Waals surface area contributed by atoms with E-state index in [1.54, 1.807) is 12.1 Å². The van der Waals surface area contributed by atoms with Crippen LogP contribution in [0.5, 0.6) is 0 Å². The fourth-order valence-electron chi connectivity index (χ4n) is 0.711. The van der Waals surface area contributed by atoms with Crippen molar-refractivity contribution < 1.29 is 4.79 Å². The van der Waals surface area contributed by atoms with E-state index >= 15 is 0 Å². The van der Waals surface area contributed by atoms with Gasteiger partial charge in [-0.1, -0.05) is 0 Å². The molecule has 1 aromatic carbocycles. The van der Waals surface area contributed by atoms with Gasteiger partial charge in [-0.2, -0.15) is 5.26 Å². The SMILES string of the molecule is CNc1ccc(C#N)cc1.NC=O. The summed E-state index contributed by atoms with van der Waals surface area (Å²) in [5, 5.41) is 11.4. The monoisotopic (exact) mass is 177 g/mol. The fraction of sp³-hybridized carbons (Fsp3) is 0.111. The summed E-state index contributed by atoms with van der Waals surface area (Å²) in [7, 11) is 1.85. The molecule has 0 fully saturated rings. The number of primary amides is 1. The highest BCUT2D eigenvalue weighted by atomic mass is 16.1. The topological polar surface area (TPSA) is 78.9 Å². The van der Waals surface area contributed by atoms with Gasteiger partial charge in [-0.25, -0.2) is 0 Å². The third-order valence-electron chi connectivity index (χ3n) is 1.30. The van der Waals surface area contributed by atoms with Gasteiger partial charge in [-0.05, 0) is 24.3 Å². The van der Waals surface area contributed by atoms with Gasteiger partial charge >= 0.3 is 0 Å². The number of carbonyl (C=O) groups excluding carboxylic acids is 1. The zero-order valence-electron chi connectivity index (χ0n) is 7.32. The summed E-state index contributed by atoms with van der Waals surface area (Å²) in [5.74, 6) is 0. The third kappa shape index (κ3) is 4.43. The third-order valence-corrected chi connectivity index (χ3v) is 1.30. The average molecular weight is 177 g/mol. The smallest absolute Gasteiger partial charge is 0.204 e. The minimum atomic E-state index is 0.250. The molecule has 0 spiro atoms. The number of hydrogen-bond donors (Lipinski definition) is 2. The second-order valence-corrected chi connectivity index (χ2v) is 2.08. The van der Waals surface area contributed by atoms with E-state index < -0.39 is 0 Å². The molecule has 1 aromatic rings. The van der Waals surface area contributed by atoms with E-state index in [1.807, 2.05) is 19.2 Å². The summed E-state index contributed by atoms with van der Waals surface area (Å²) < 4.78 is 0. The molecule has 4 heteroatoms. The van der Waals surface area contributed by atoms with Crippen molar-refractivity contribution in [3.8, 4) is 6.07 Å². The van der Waals surface area contributed by atoms with E-state index in [0.717, 1.165) is 5.69 Å². The van der Waals surface area contributed by atoms with Crippen LogP contribution in [-0.4, -0.2) is 13.5 Å². The van der Waals surface area contributed by atoms with E-state index in [2.05, 4.69) is 17.1 Å². The van der Waals surface area contributed by atoms with Gasteiger partial charge in [0.1, 0.15) is 0 Å². The quantitative estimate of drug-likeness (QED) is 0.620. The molecule has 3 N–H and O–H groups in total. The Labute approximate surface area is 77.0 Å². The Balaban J connectivity index is 0.000000424. The molecule has 0 atom stereocenters. The first-order valence-corrected chi connectivity index (χ1v) is 3.61. The molecule has 0 aliphatic carbocycles. The van der Waals surface area contributed by atoms with Gasteiger partial charge in [0.15, 0.2) is 0 Å². The fourth-order valence-corrected chi connectivity index (χ4v) is 0.711. The van der Waals surface area contributed by atoms with Crippen LogP contribution in [0.1, 0.15) is 5.56 Å². The first-order chi connectivity index (χ1) is 6.28. The molecular weight excluding hydrogens is 166 g/mol. The average Bonchev–Trinajstić information content (AvgIpc) is 2.19. The van der Waals surface area contributed by atoms with Crippen molar-refractivity contribution >= 4 is 12.1 Å². The van der Waals surface area contributed by atoms with Crippen LogP contribution in [0.2, 0.25) is 0 Å². The lowest BCUT2D eigenvalue weighted by Gasteiger charge is -1.96. The molecule has 0 bridgehead atoms. The predicted molar refractivity (Wildman–Crippen MR) is 51.0 cm³/mol. The summed E-state index contributed by atoms with van der Waals surface area (Å²) in [6.45, 7) is 0. The van der Waals surface area contributed by atoms with Crippen molar-refractivity contribution in [3.63, 3.8) is 0 Å². The molecule has 1 rings (SSSR count). The lowest BCUT2D eigenvalue weighted by atomic mass is 10.2. The maximum Gasteiger partial charge on any atom is 0.204 e. The first-order valence-electron chi connectivity index (χ1n) is 3.61. The second-order valence-electron chi connectivity index (χ2n) is 2.08. The van der Waals surface area contributed by atoms with Gasteiger partial charge in [0.25, 0.3) is 0 Å². The maximum atomic E-state index is 8.58. The lowest BCUT2D eigenvalue weighted by Crippen LogP contribution is -1.86. The highest BCUT2D eigenvalue weighted by molar-refractivity contribution is 5.46. The summed E-state index contributed by atoms with van der Waals surface area (Å²) in [5.41, 5.74) is 5.89. The van der Waals surface area contributed by atoms with Crippen molar-refractivity contribution in [1.29, 1.82) is 5.26 Å². The number of nitrogens with zero attached hydrogens (tertiary/aromatic N) is 1. The number of carbonyl (C=O) groups is 1. The molecule has 0 unspecified atom stereocenters. The number of nitrogens with one attached hydrogen (secondary N) is 1. The molecule has 0 radical (unpaired) electrons. The standard InChI is InChI=1S/C8H8N2.CH3NO/c1-10-8-4-2-7(6-9)3-5-8;2-1-3/h2-5,10H,1H3;1H,(H2,2,3). The van der Waals surface area contributed by atoms with E-state index in [4.69, 9.17) is 10.1 Å². The minimum Gasteiger partial charge on any atom is -0.388 e. The normalized spacial score (nSPS) is 7.38. The molecular formula is C9H11N3O. The van der Waals surface area contributed by atoms with Gasteiger partial charge in [-0.3, -0.25) is 4.79 Å². The highest BCUT2D eigenvalue weighted by Crippen LogP contribution is 2.06. The van der Waals surface area contributed by atoms with Crippen molar-refractivity contribution in [1.82, 2.24) is 0 Å². The Bertz CT molecular complexity index is 287. The number of hydrogen-bond acceptors (Lipinski definition) is 3. The molecule has 13 heavy (non-hydrogen) atoms. The highest BCUT2D eigenvalue weighted by Gasteiger charge is 1.87. The molecule has 1 amide bonds. The summed E-state index contributed by atoms with van der Waals surface area (Å²) in [6, 6.07) is 9.36. The van der Waals surface area contributed by atoms with Gasteiger partial charge in [0.2, 0.25) is 6.41 Å². The van der Waals surface area contributed by atoms with Crippen LogP contribution >= 0.6 is 0 Å². The summed E-state index contributed by atoms with van der Waals surface area (Å²) in [4.78, 5) is 8.58. The molecule has 0 heterocycles. The molecule has 0 saturated heterocycles. The number of nitrogens with two attached hydrogens (primary N) is 1. The van der Waals surface area contributed by atoms with E-state index in [-0.39, 0.29) is 6.41 Å². The van der Waals surface area contributed by atoms with Crippen molar-refractivity contribution in [2.24, 2.45) is 5.73 Å². The van der Waals surface area contributed by atoms with Gasteiger partial charge in [0.05, 0.1) is 11.6 Å². The Morgan fingerprint density at radius 3 is 2.23 bits per heavy atom. The zero-order valence-corrected chi connectivity index (χ0v) is 7.32. The van der Waals surface area contributed by atoms with Crippen LogP contribution < -0.4 is 11.1 Å². The van der Waals surface area contributed by atoms with Crippen LogP contribution in [-0.2, 0) is 4.79 Å². The van der Waals surface area contributed by atoms with Crippen molar-refractivity contribution in [2.45, 2.75) is 0 Å². The summed E-state index contributed by atoms with van der Waals surface area (Å²) in [6.07, 6.45) is 0.250. The van der Waals surface area contributed by atoms with Gasteiger partial charge < -0.3 is 11.1 Å². The number of amides is 1. The first kappa shape index (κ1) is 11.0. The Hall–Kier alpha value is -2.02. The van der Waals surface area contributed by atoms with Crippen LogP contribution in [0.4, 0.5) is 5.69 Å². The van der Waals surface area contributed by atoms with Crippen LogP contribution in [0, 0.1) is 11.3 Å². The van der Waals surface area contributed by atoms with Crippen molar-refractivity contribution in [2.75, 3.05) is 12.4 Å². The van der Waals surface area contributed by atoms with E-state index in [0.29, 0.717) is 5.56 Å². The number of benzene rings is 1. The molecule has 4 nitrogen and oxygen atoms in total. The number of rotatable bonds is 1. The van der Waals surface area contributed by atoms with Crippen LogP contribution in [0.3, 0.4) is 0 Å². The number of nitriles is 1. The zero-order chi connectivity index (χ0) is 10.1. The van der Waals surface area contributed by atoms with E-state index in [1.165, 1.54) is 0 Å². The molecule has 68 valence electrons. The van der Waals surface area contributed by atoms with Crippen LogP contribution in [0.15, 0.2) is 24.3 Å². The molecule has 0 saturated carbocycles. The largest absolute Gasteiger partial charge is 0.388 e.